The van der Waals surface area contributed by atoms with Gasteiger partial charge in [0.2, 0.25) is 5.91 Å². The second-order valence-electron chi connectivity index (χ2n) is 9.03. The first-order valence-electron chi connectivity index (χ1n) is 11.0. The predicted molar refractivity (Wildman–Crippen MR) is 126 cm³/mol. The van der Waals surface area contributed by atoms with Gasteiger partial charge in [0.25, 0.3) is 0 Å². The lowest BCUT2D eigenvalue weighted by Crippen LogP contribution is -2.67. The van der Waals surface area contributed by atoms with Crippen LogP contribution in [0.1, 0.15) is 45.5 Å². The number of nitrogens with two attached hydrogens (primary N) is 1. The molecule has 3 aliphatic heterocycles. The highest BCUT2D eigenvalue weighted by atomic mass is 79.9. The average Bonchev–Trinajstić information content (AvgIpc) is 2.80. The Hall–Kier alpha value is -2.49. The van der Waals surface area contributed by atoms with Crippen LogP contribution in [0.3, 0.4) is 0 Å². The first-order chi connectivity index (χ1) is 15.7. The first-order valence-corrected chi connectivity index (χ1v) is 11.8. The molecule has 0 unspecified atom stereocenters. The third kappa shape index (κ3) is 2.92. The zero-order valence-electron chi connectivity index (χ0n) is 19.0. The number of hydrogen-bond acceptors (Lipinski definition) is 7. The Morgan fingerprint density at radius 1 is 1.15 bits per heavy atom. The second-order valence-corrected chi connectivity index (χ2v) is 9.82. The predicted octanol–water partition coefficient (Wildman–Crippen LogP) is 2.52. The maximum atomic E-state index is 13.7. The number of aromatic hydroxyl groups is 2. The van der Waals surface area contributed by atoms with Crippen molar-refractivity contribution in [3.05, 3.63) is 43.9 Å². The summed E-state index contributed by atoms with van der Waals surface area (Å²) in [6, 6.07) is 0.458. The molecule has 1 amide bonds. The van der Waals surface area contributed by atoms with Gasteiger partial charge in [0, 0.05) is 27.7 Å². The second kappa shape index (κ2) is 7.78. The molecule has 0 saturated carbocycles. The Morgan fingerprint density at radius 2 is 1.82 bits per heavy atom. The summed E-state index contributed by atoms with van der Waals surface area (Å²) in [5.41, 5.74) is 11.1. The van der Waals surface area contributed by atoms with E-state index in [1.54, 1.807) is 0 Å². The molecular formula is C24H28BrN3O5. The summed E-state index contributed by atoms with van der Waals surface area (Å²) in [6.45, 7) is 3.93. The molecule has 0 aromatic heterocycles. The lowest BCUT2D eigenvalue weighted by Gasteiger charge is -2.54. The van der Waals surface area contributed by atoms with E-state index >= 15 is 0 Å². The number of aryl methyl sites for hydroxylation is 1. The molecule has 3 heterocycles. The zero-order chi connectivity index (χ0) is 23.8. The molecule has 1 fully saturated rings. The van der Waals surface area contributed by atoms with Gasteiger partial charge < -0.3 is 30.3 Å². The average molecular weight is 518 g/mol. The van der Waals surface area contributed by atoms with E-state index in [1.165, 1.54) is 14.2 Å². The molecule has 3 aliphatic rings. The molecule has 5 N–H and O–H groups in total. The molecule has 0 radical (unpaired) electrons. The van der Waals surface area contributed by atoms with Gasteiger partial charge in [0.1, 0.15) is 0 Å². The highest BCUT2D eigenvalue weighted by Gasteiger charge is 2.52. The smallest absolute Gasteiger partial charge is 0.240 e. The number of phenolic OH excluding ortho intramolecular Hbond substituents is 2. The van der Waals surface area contributed by atoms with Crippen molar-refractivity contribution in [3.63, 3.8) is 0 Å². The van der Waals surface area contributed by atoms with Crippen LogP contribution in [0, 0.1) is 13.8 Å². The fraction of sp³-hybridized carbons (Fsp3) is 0.458. The molecule has 1 saturated heterocycles. The van der Waals surface area contributed by atoms with E-state index in [9.17, 15) is 15.0 Å². The van der Waals surface area contributed by atoms with E-state index in [0.29, 0.717) is 29.9 Å². The summed E-state index contributed by atoms with van der Waals surface area (Å²) in [7, 11) is 3.06. The highest BCUT2D eigenvalue weighted by molar-refractivity contribution is 9.10. The minimum absolute atomic E-state index is 0.0428. The van der Waals surface area contributed by atoms with Crippen LogP contribution in [-0.4, -0.2) is 53.9 Å². The molecule has 176 valence electrons. The first kappa shape index (κ1) is 22.3. The van der Waals surface area contributed by atoms with Crippen LogP contribution in [0.25, 0.3) is 0 Å². The summed E-state index contributed by atoms with van der Waals surface area (Å²) in [6.07, 6.45) is 0.938. The number of ether oxygens (including phenoxy) is 2. The number of phenols is 2. The number of rotatable bonds is 3. The van der Waals surface area contributed by atoms with Crippen molar-refractivity contribution in [2.45, 2.75) is 50.9 Å². The summed E-state index contributed by atoms with van der Waals surface area (Å²) in [5.74, 6) is 0.917. The highest BCUT2D eigenvalue weighted by Crippen LogP contribution is 2.53. The summed E-state index contributed by atoms with van der Waals surface area (Å²) in [4.78, 5) is 15.5. The van der Waals surface area contributed by atoms with Crippen molar-refractivity contribution >= 4 is 21.8 Å². The minimum Gasteiger partial charge on any atom is -0.504 e. The number of carbonyl (C=O) groups is 1. The Kier molecular flexibility index (Phi) is 5.26. The van der Waals surface area contributed by atoms with Crippen LogP contribution in [0.4, 0.5) is 0 Å². The van der Waals surface area contributed by atoms with Crippen LogP contribution >= 0.6 is 15.9 Å². The molecule has 2 bridgehead atoms. The maximum absolute atomic E-state index is 13.7. The number of hydrogen-bond donors (Lipinski definition) is 4. The third-order valence-corrected chi connectivity index (χ3v) is 8.49. The van der Waals surface area contributed by atoms with Crippen LogP contribution in [-0.2, 0) is 17.6 Å². The van der Waals surface area contributed by atoms with Crippen molar-refractivity contribution in [2.75, 3.05) is 20.8 Å². The SMILES string of the molecule is COc1c(C)cc2c(c1O)[C@H](CN)N1C(=O)[C@@H]3Cc4c(Br)c(C)c(OC)c(O)c4[C@@H](N3)[C@@H]1C2. The standard InChI is InChI=1S/C24H28BrN3O5/c1-9-5-11-6-14-19-17-12(18(25)10(2)23(33-4)21(17)30)7-13(27-19)24(31)28(14)15(8-26)16(11)20(29)22(9)32-3/h5,13-15,19,27,29-30H,6-8,26H2,1-4H3/t13-,14-,15-,19-/m0/s1. The number of halogens is 1. The molecule has 5 rings (SSSR count). The quantitative estimate of drug-likeness (QED) is 0.494. The van der Waals surface area contributed by atoms with Crippen LogP contribution < -0.4 is 20.5 Å². The molecule has 0 spiro atoms. The molecule has 2 aromatic rings. The Balaban J connectivity index is 1.73. The van der Waals surface area contributed by atoms with E-state index in [-0.39, 0.29) is 36.0 Å². The van der Waals surface area contributed by atoms with Crippen LogP contribution in [0.2, 0.25) is 0 Å². The number of benzene rings is 2. The van der Waals surface area contributed by atoms with Crippen molar-refractivity contribution < 1.29 is 24.5 Å². The van der Waals surface area contributed by atoms with E-state index < -0.39 is 12.1 Å². The minimum atomic E-state index is -0.493. The number of fused-ring (bicyclic) bond motifs is 7. The largest absolute Gasteiger partial charge is 0.504 e. The third-order valence-electron chi connectivity index (χ3n) is 7.42. The summed E-state index contributed by atoms with van der Waals surface area (Å²) in [5, 5.41) is 25.7. The van der Waals surface area contributed by atoms with Gasteiger partial charge in [-0.05, 0) is 43.4 Å². The molecule has 8 nitrogen and oxygen atoms in total. The fourth-order valence-electron chi connectivity index (χ4n) is 6.06. The van der Waals surface area contributed by atoms with Gasteiger partial charge in [-0.1, -0.05) is 22.0 Å². The monoisotopic (exact) mass is 517 g/mol. The lowest BCUT2D eigenvalue weighted by molar-refractivity contribution is -0.146. The maximum Gasteiger partial charge on any atom is 0.240 e. The van der Waals surface area contributed by atoms with Crippen molar-refractivity contribution in [3.8, 4) is 23.0 Å². The van der Waals surface area contributed by atoms with Crippen molar-refractivity contribution in [1.29, 1.82) is 0 Å². The van der Waals surface area contributed by atoms with Gasteiger partial charge in [0.05, 0.1) is 38.4 Å². The van der Waals surface area contributed by atoms with E-state index in [2.05, 4.69) is 21.2 Å². The Labute approximate surface area is 200 Å². The topological polar surface area (TPSA) is 117 Å². The Morgan fingerprint density at radius 3 is 2.45 bits per heavy atom. The van der Waals surface area contributed by atoms with Crippen molar-refractivity contribution in [2.24, 2.45) is 5.73 Å². The zero-order valence-corrected chi connectivity index (χ0v) is 20.6. The van der Waals surface area contributed by atoms with E-state index in [0.717, 1.165) is 32.3 Å². The number of nitrogens with zero attached hydrogens (tertiary/aromatic N) is 1. The molecular weight excluding hydrogens is 490 g/mol. The fourth-order valence-corrected chi connectivity index (χ4v) is 6.62. The number of amides is 1. The molecule has 0 aliphatic carbocycles. The molecule has 2 aromatic carbocycles. The summed E-state index contributed by atoms with van der Waals surface area (Å²) >= 11 is 3.68. The number of methoxy groups -OCH3 is 2. The summed E-state index contributed by atoms with van der Waals surface area (Å²) < 4.78 is 11.8. The molecule has 33 heavy (non-hydrogen) atoms. The number of piperazine rings is 1. The normalized spacial score (nSPS) is 25.3. The van der Waals surface area contributed by atoms with E-state index in [1.807, 2.05) is 24.8 Å². The van der Waals surface area contributed by atoms with Gasteiger partial charge in [0.15, 0.2) is 23.0 Å². The molecule has 4 atom stereocenters. The van der Waals surface area contributed by atoms with Gasteiger partial charge in [-0.3, -0.25) is 10.1 Å². The number of carbonyl (C=O) groups excluding carboxylic acids is 1. The van der Waals surface area contributed by atoms with E-state index in [4.69, 9.17) is 15.2 Å². The number of nitrogens with one attached hydrogen (secondary N) is 1. The van der Waals surface area contributed by atoms with Crippen molar-refractivity contribution in [1.82, 2.24) is 10.2 Å². The van der Waals surface area contributed by atoms with Gasteiger partial charge in [-0.2, -0.15) is 0 Å². The van der Waals surface area contributed by atoms with Crippen LogP contribution in [0.15, 0.2) is 10.5 Å². The lowest BCUT2D eigenvalue weighted by atomic mass is 9.75. The van der Waals surface area contributed by atoms with Gasteiger partial charge >= 0.3 is 0 Å². The molecule has 9 heteroatoms. The van der Waals surface area contributed by atoms with Gasteiger partial charge in [-0.25, -0.2) is 0 Å². The van der Waals surface area contributed by atoms with Gasteiger partial charge in [-0.15, -0.1) is 0 Å². The Bertz CT molecular complexity index is 1180. The van der Waals surface area contributed by atoms with Crippen LogP contribution in [0.5, 0.6) is 23.0 Å².